The van der Waals surface area contributed by atoms with Crippen molar-refractivity contribution in [3.63, 3.8) is 0 Å². The highest BCUT2D eigenvalue weighted by Crippen LogP contribution is 2.44. The Balaban J connectivity index is 1.48. The number of nitrogens with zero attached hydrogens (tertiary/aromatic N) is 6. The van der Waals surface area contributed by atoms with Crippen LogP contribution < -0.4 is 20.4 Å². The van der Waals surface area contributed by atoms with Gasteiger partial charge in [-0.1, -0.05) is 11.3 Å². The highest BCUT2D eigenvalue weighted by atomic mass is 32.1. The van der Waals surface area contributed by atoms with Crippen molar-refractivity contribution in [3.8, 4) is 0 Å². The van der Waals surface area contributed by atoms with E-state index in [9.17, 15) is 4.79 Å². The summed E-state index contributed by atoms with van der Waals surface area (Å²) in [5.41, 5.74) is 9.41. The van der Waals surface area contributed by atoms with Crippen molar-refractivity contribution in [2.45, 2.75) is 58.5 Å². The number of morpholine rings is 1. The molecule has 6 rings (SSSR count). The minimum Gasteiger partial charge on any atom is -0.471 e. The van der Waals surface area contributed by atoms with E-state index in [0.717, 1.165) is 71.6 Å². The minimum absolute atomic E-state index is 0.132. The molecule has 0 bridgehead atoms. The van der Waals surface area contributed by atoms with Crippen molar-refractivity contribution in [1.29, 1.82) is 0 Å². The van der Waals surface area contributed by atoms with Crippen LogP contribution in [0.25, 0.3) is 10.3 Å². The Morgan fingerprint density at radius 2 is 1.84 bits per heavy atom. The monoisotopic (exact) mass is 535 g/mol. The first-order valence-corrected chi connectivity index (χ1v) is 14.0. The summed E-state index contributed by atoms with van der Waals surface area (Å²) in [6.45, 7) is 9.47. The van der Waals surface area contributed by atoms with E-state index >= 15 is 0 Å². The van der Waals surface area contributed by atoms with Gasteiger partial charge < -0.3 is 25.0 Å². The van der Waals surface area contributed by atoms with Gasteiger partial charge in [-0.15, -0.1) is 0 Å². The summed E-state index contributed by atoms with van der Waals surface area (Å²) < 4.78 is 12.9. The molecule has 200 valence electrons. The molecule has 3 aliphatic heterocycles. The first-order chi connectivity index (χ1) is 18.4. The molecule has 3 aromatic heterocycles. The van der Waals surface area contributed by atoms with E-state index in [4.69, 9.17) is 25.2 Å². The molecule has 38 heavy (non-hydrogen) atoms. The predicted octanol–water partition coefficient (Wildman–Crippen LogP) is 3.86. The zero-order valence-electron chi connectivity index (χ0n) is 22.0. The van der Waals surface area contributed by atoms with Gasteiger partial charge in [0.25, 0.3) is 5.91 Å². The smallest absolute Gasteiger partial charge is 0.268 e. The van der Waals surface area contributed by atoms with E-state index in [1.165, 1.54) is 12.7 Å². The maximum atomic E-state index is 12.6. The number of aryl methyl sites for hydroxylation is 1. The highest BCUT2D eigenvalue weighted by Gasteiger charge is 2.37. The fraction of sp³-hybridized carbons (Fsp3) is 0.481. The Hall–Kier alpha value is -3.44. The molecular weight excluding hydrogens is 502 g/mol. The topological polar surface area (TPSA) is 110 Å². The fourth-order valence-corrected chi connectivity index (χ4v) is 6.53. The molecule has 2 N–H and O–H groups in total. The maximum absolute atomic E-state index is 12.6. The van der Waals surface area contributed by atoms with Gasteiger partial charge in [-0.2, -0.15) is 4.98 Å². The maximum Gasteiger partial charge on any atom is 0.268 e. The molecule has 2 fully saturated rings. The number of ether oxygens (including phenoxy) is 2. The number of thiazole rings is 1. The first kappa shape index (κ1) is 24.9. The van der Waals surface area contributed by atoms with Gasteiger partial charge in [-0.25, -0.2) is 4.98 Å². The zero-order chi connectivity index (χ0) is 26.4. The van der Waals surface area contributed by atoms with Crippen molar-refractivity contribution in [2.24, 2.45) is 5.73 Å². The minimum atomic E-state index is -0.560. The molecule has 0 spiro atoms. The Bertz CT molecular complexity index is 1380. The molecule has 0 aromatic carbocycles. The molecule has 0 radical (unpaired) electrons. The van der Waals surface area contributed by atoms with Crippen LogP contribution >= 0.6 is 11.3 Å². The van der Waals surface area contributed by atoms with Crippen LogP contribution in [-0.2, 0) is 14.3 Å². The molecule has 6 heterocycles. The van der Waals surface area contributed by atoms with E-state index in [-0.39, 0.29) is 12.2 Å². The average Bonchev–Trinajstić information content (AvgIpc) is 3.52. The molecule has 3 aliphatic rings. The van der Waals surface area contributed by atoms with E-state index in [1.54, 1.807) is 17.5 Å². The average molecular weight is 536 g/mol. The Labute approximate surface area is 226 Å². The number of rotatable bonds is 5. The number of amides is 1. The second kappa shape index (κ2) is 10.0. The van der Waals surface area contributed by atoms with E-state index < -0.39 is 12.1 Å². The molecule has 11 heteroatoms. The summed E-state index contributed by atoms with van der Waals surface area (Å²) in [6, 6.07) is 5.96. The Morgan fingerprint density at radius 3 is 2.55 bits per heavy atom. The van der Waals surface area contributed by atoms with Crippen molar-refractivity contribution < 1.29 is 14.3 Å². The fourth-order valence-electron chi connectivity index (χ4n) is 5.57. The van der Waals surface area contributed by atoms with Crippen LogP contribution in [-0.4, -0.2) is 59.2 Å². The molecule has 0 saturated carbocycles. The van der Waals surface area contributed by atoms with Gasteiger partial charge in [0, 0.05) is 43.6 Å². The number of piperidine rings is 1. The lowest BCUT2D eigenvalue weighted by Crippen LogP contribution is -2.45. The van der Waals surface area contributed by atoms with Crippen LogP contribution in [0.4, 0.5) is 16.6 Å². The number of fused-ring (bicyclic) bond motifs is 1. The number of aromatic nitrogens is 3. The summed E-state index contributed by atoms with van der Waals surface area (Å²) >= 11 is 1.61. The van der Waals surface area contributed by atoms with Crippen LogP contribution in [0.1, 0.15) is 50.6 Å². The van der Waals surface area contributed by atoms with Crippen LogP contribution in [0.15, 0.2) is 36.4 Å². The van der Waals surface area contributed by atoms with Crippen LogP contribution in [0.3, 0.4) is 0 Å². The molecule has 0 aliphatic carbocycles. The third-order valence-corrected chi connectivity index (χ3v) is 8.25. The summed E-state index contributed by atoms with van der Waals surface area (Å²) in [7, 11) is 0. The first-order valence-electron chi connectivity index (χ1n) is 13.2. The van der Waals surface area contributed by atoms with Crippen LogP contribution in [0, 0.1) is 6.92 Å². The second-order valence-corrected chi connectivity index (χ2v) is 11.3. The Kier molecular flexibility index (Phi) is 6.56. The third-order valence-electron chi connectivity index (χ3n) is 7.20. The normalized spacial score (nSPS) is 24.0. The number of carbonyl (C=O) groups is 1. The molecule has 3 atom stereocenters. The summed E-state index contributed by atoms with van der Waals surface area (Å²) in [5.74, 6) is 0.246. The molecule has 10 nitrogen and oxygen atoms in total. The van der Waals surface area contributed by atoms with E-state index in [1.807, 2.05) is 24.0 Å². The highest BCUT2D eigenvalue weighted by molar-refractivity contribution is 7.22. The summed E-state index contributed by atoms with van der Waals surface area (Å²) in [6.07, 6.45) is 6.29. The quantitative estimate of drug-likeness (QED) is 0.521. The van der Waals surface area contributed by atoms with E-state index in [2.05, 4.69) is 34.7 Å². The van der Waals surface area contributed by atoms with Crippen LogP contribution in [0.5, 0.6) is 0 Å². The van der Waals surface area contributed by atoms with Gasteiger partial charge in [0.1, 0.15) is 12.0 Å². The van der Waals surface area contributed by atoms with Gasteiger partial charge in [0.2, 0.25) is 6.23 Å². The molecular formula is C27H33N7O3S. The molecule has 3 aromatic rings. The largest absolute Gasteiger partial charge is 0.471 e. The number of pyridine rings is 2. The summed E-state index contributed by atoms with van der Waals surface area (Å²) in [5, 5.41) is 0.931. The lowest BCUT2D eigenvalue weighted by atomic mass is 10.1. The number of anilines is 3. The number of hydrogen-bond donors (Lipinski definition) is 1. The number of carbonyl (C=O) groups excluding carboxylic acids is 1. The molecule has 2 saturated heterocycles. The molecule has 1 amide bonds. The van der Waals surface area contributed by atoms with Crippen molar-refractivity contribution in [1.82, 2.24) is 15.0 Å². The third kappa shape index (κ3) is 4.64. The molecule has 1 unspecified atom stereocenters. The van der Waals surface area contributed by atoms with Crippen molar-refractivity contribution in [2.75, 3.05) is 40.9 Å². The van der Waals surface area contributed by atoms with E-state index in [0.29, 0.717) is 11.3 Å². The second-order valence-electron chi connectivity index (χ2n) is 10.3. The predicted molar refractivity (Wildman–Crippen MR) is 148 cm³/mol. The summed E-state index contributed by atoms with van der Waals surface area (Å²) in [4.78, 5) is 33.5. The number of hydrogen-bond acceptors (Lipinski definition) is 10. The standard InChI is InChI=1S/C27H33N7O3S/c1-16-11-19(7-8-29-16)26-34(21(15-36-26)23(28)35)20-12-22-24(30-25(20)32-9-5-4-6-10-32)31-27(38-22)33-13-17(2)37-18(3)14-33/h7-8,11-12,15,17-18,26H,4-6,9-10,13-14H2,1-3H3,(H2,28,35)/t17-,18+,26?. The van der Waals surface area contributed by atoms with Crippen molar-refractivity contribution >= 4 is 44.2 Å². The lowest BCUT2D eigenvalue weighted by molar-refractivity contribution is -0.114. The van der Waals surface area contributed by atoms with Gasteiger partial charge in [0.15, 0.2) is 16.6 Å². The van der Waals surface area contributed by atoms with Gasteiger partial charge >= 0.3 is 0 Å². The zero-order valence-corrected chi connectivity index (χ0v) is 22.8. The van der Waals surface area contributed by atoms with Gasteiger partial charge in [-0.3, -0.25) is 14.7 Å². The Morgan fingerprint density at radius 1 is 1.08 bits per heavy atom. The van der Waals surface area contributed by atoms with Crippen molar-refractivity contribution in [3.05, 3.63) is 47.6 Å². The van der Waals surface area contributed by atoms with Gasteiger partial charge in [0.05, 0.1) is 22.6 Å². The van der Waals surface area contributed by atoms with Gasteiger partial charge in [-0.05, 0) is 58.2 Å². The number of primary amides is 1. The van der Waals surface area contributed by atoms with Crippen LogP contribution in [0.2, 0.25) is 0 Å². The number of nitrogens with two attached hydrogens (primary N) is 1. The lowest BCUT2D eigenvalue weighted by Gasteiger charge is -2.35. The SMILES string of the molecule is Cc1cc(C2OC=C(C(N)=O)N2c2cc3sc(N4C[C@@H](C)O[C@@H](C)C4)nc3nc2N2CCCCC2)ccn1.